The predicted octanol–water partition coefficient (Wildman–Crippen LogP) is 3.84. The number of hydrogen-bond acceptors (Lipinski definition) is 2. The number of likely N-dealkylation sites (tertiary alicyclic amines) is 1. The first-order valence-corrected chi connectivity index (χ1v) is 8.37. The van der Waals surface area contributed by atoms with Crippen LogP contribution in [0.5, 0.6) is 0 Å². The molecule has 116 valence electrons. The van der Waals surface area contributed by atoms with Crippen molar-refractivity contribution >= 4 is 12.1 Å². The van der Waals surface area contributed by atoms with Gasteiger partial charge in [-0.15, -0.1) is 0 Å². The zero-order chi connectivity index (χ0) is 14.9. The van der Waals surface area contributed by atoms with Crippen molar-refractivity contribution in [3.05, 3.63) is 29.8 Å². The van der Waals surface area contributed by atoms with Gasteiger partial charge in [-0.05, 0) is 56.8 Å². The number of nitrogens with zero attached hydrogens (tertiary/aromatic N) is 1. The number of unbranched alkanes of at least 4 members (excludes halogenated alkanes) is 1. The first-order chi connectivity index (χ1) is 10.3. The molecule has 1 heterocycles. The fraction of sp³-hybridized carbons (Fsp3) is 0.611. The first-order valence-electron chi connectivity index (χ1n) is 8.37. The summed E-state index contributed by atoms with van der Waals surface area (Å²) in [6.07, 6.45) is 9.63. The number of hydrogen-bond donors (Lipinski definition) is 1. The third kappa shape index (κ3) is 4.85. The zero-order valence-corrected chi connectivity index (χ0v) is 13.2. The van der Waals surface area contributed by atoms with Crippen molar-refractivity contribution < 1.29 is 4.79 Å². The molecule has 1 aliphatic rings. The van der Waals surface area contributed by atoms with Crippen LogP contribution < -0.4 is 5.32 Å². The number of para-hydroxylation sites is 1. The van der Waals surface area contributed by atoms with Gasteiger partial charge in [-0.2, -0.15) is 0 Å². The van der Waals surface area contributed by atoms with E-state index in [-0.39, 0.29) is 0 Å². The highest BCUT2D eigenvalue weighted by atomic mass is 16.1. The smallest absolute Gasteiger partial charge is 0.211 e. The van der Waals surface area contributed by atoms with Crippen molar-refractivity contribution in [1.29, 1.82) is 0 Å². The highest BCUT2D eigenvalue weighted by molar-refractivity contribution is 5.73. The Hall–Kier alpha value is -1.35. The fourth-order valence-corrected chi connectivity index (χ4v) is 3.31. The Morgan fingerprint density at radius 3 is 3.00 bits per heavy atom. The number of carbonyl (C=O) groups excluding carboxylic acids is 1. The molecule has 0 saturated carbocycles. The maximum atomic E-state index is 10.7. The molecule has 1 amide bonds. The fourth-order valence-electron chi connectivity index (χ4n) is 3.31. The summed E-state index contributed by atoms with van der Waals surface area (Å²) in [6.45, 7) is 4.77. The van der Waals surface area contributed by atoms with Crippen molar-refractivity contribution in [1.82, 2.24) is 4.90 Å². The number of amides is 1. The number of rotatable bonds is 8. The Labute approximate surface area is 128 Å². The number of aryl methyl sites for hydroxylation is 1. The normalized spacial score (nSPS) is 19.4. The third-order valence-corrected chi connectivity index (χ3v) is 4.53. The van der Waals surface area contributed by atoms with E-state index in [1.54, 1.807) is 0 Å². The molecule has 0 spiro atoms. The monoisotopic (exact) mass is 288 g/mol. The zero-order valence-electron chi connectivity index (χ0n) is 13.2. The lowest BCUT2D eigenvalue weighted by molar-refractivity contribution is -0.105. The molecule has 0 bridgehead atoms. The van der Waals surface area contributed by atoms with Gasteiger partial charge >= 0.3 is 0 Å². The van der Waals surface area contributed by atoms with Gasteiger partial charge in [0.15, 0.2) is 0 Å². The van der Waals surface area contributed by atoms with Crippen LogP contribution >= 0.6 is 0 Å². The molecule has 3 nitrogen and oxygen atoms in total. The Bertz CT molecular complexity index is 433. The molecule has 1 atom stereocenters. The summed E-state index contributed by atoms with van der Waals surface area (Å²) in [5, 5.41) is 2.82. The molecule has 2 rings (SSSR count). The summed E-state index contributed by atoms with van der Waals surface area (Å²) in [4.78, 5) is 13.4. The number of piperidine rings is 1. The lowest BCUT2D eigenvalue weighted by Crippen LogP contribution is -2.40. The van der Waals surface area contributed by atoms with E-state index in [0.29, 0.717) is 0 Å². The van der Waals surface area contributed by atoms with Crippen LogP contribution in [0, 0.1) is 0 Å². The van der Waals surface area contributed by atoms with Gasteiger partial charge < -0.3 is 10.2 Å². The minimum Gasteiger partial charge on any atom is -0.328 e. The summed E-state index contributed by atoms with van der Waals surface area (Å²) in [5.41, 5.74) is 2.22. The van der Waals surface area contributed by atoms with Crippen LogP contribution in [0.3, 0.4) is 0 Å². The summed E-state index contributed by atoms with van der Waals surface area (Å²) in [5.74, 6) is 0. The topological polar surface area (TPSA) is 32.3 Å². The maximum absolute atomic E-state index is 10.7. The average molecular weight is 288 g/mol. The molecule has 0 aromatic heterocycles. The van der Waals surface area contributed by atoms with Crippen LogP contribution in [0.15, 0.2) is 24.3 Å². The van der Waals surface area contributed by atoms with E-state index in [1.807, 2.05) is 12.1 Å². The molecule has 21 heavy (non-hydrogen) atoms. The molecule has 1 aromatic carbocycles. The molecule has 1 aliphatic heterocycles. The molecule has 0 radical (unpaired) electrons. The van der Waals surface area contributed by atoms with E-state index in [9.17, 15) is 4.79 Å². The van der Waals surface area contributed by atoms with Gasteiger partial charge in [0.25, 0.3) is 0 Å². The molecule has 1 saturated heterocycles. The summed E-state index contributed by atoms with van der Waals surface area (Å²) < 4.78 is 0. The molecule has 1 N–H and O–H groups in total. The van der Waals surface area contributed by atoms with Gasteiger partial charge in [0, 0.05) is 11.7 Å². The number of anilines is 1. The summed E-state index contributed by atoms with van der Waals surface area (Å²) in [6, 6.07) is 8.87. The van der Waals surface area contributed by atoms with Gasteiger partial charge in [-0.25, -0.2) is 0 Å². The second kappa shape index (κ2) is 8.83. The highest BCUT2D eigenvalue weighted by Crippen LogP contribution is 2.24. The predicted molar refractivity (Wildman–Crippen MR) is 88.6 cm³/mol. The van der Waals surface area contributed by atoms with Crippen molar-refractivity contribution in [3.8, 4) is 0 Å². The Morgan fingerprint density at radius 2 is 2.19 bits per heavy atom. The van der Waals surface area contributed by atoms with E-state index in [1.165, 1.54) is 57.2 Å². The Morgan fingerprint density at radius 1 is 1.33 bits per heavy atom. The Balaban J connectivity index is 1.92. The largest absolute Gasteiger partial charge is 0.328 e. The van der Waals surface area contributed by atoms with Crippen LogP contribution in [0.4, 0.5) is 5.69 Å². The van der Waals surface area contributed by atoms with E-state index < -0.39 is 0 Å². The molecule has 1 aromatic rings. The highest BCUT2D eigenvalue weighted by Gasteiger charge is 2.21. The second-order valence-corrected chi connectivity index (χ2v) is 6.00. The standard InChI is InChI=1S/C18H28N2O/c1-2-3-13-20-14-7-6-9-17(20)12-11-16-8-4-5-10-18(16)19-15-21/h4-5,8,10,15,17H,2-3,6-7,9,11-14H2,1H3,(H,19,21). The number of carbonyl (C=O) groups is 1. The van der Waals surface area contributed by atoms with Crippen molar-refractivity contribution in [2.75, 3.05) is 18.4 Å². The SMILES string of the molecule is CCCCN1CCCCC1CCc1ccccc1NC=O. The van der Waals surface area contributed by atoms with Crippen LogP contribution in [0.25, 0.3) is 0 Å². The van der Waals surface area contributed by atoms with Gasteiger partial charge in [0.05, 0.1) is 0 Å². The number of nitrogens with one attached hydrogen (secondary N) is 1. The van der Waals surface area contributed by atoms with Crippen LogP contribution in [0.2, 0.25) is 0 Å². The summed E-state index contributed by atoms with van der Waals surface area (Å²) >= 11 is 0. The quantitative estimate of drug-likeness (QED) is 0.737. The molecule has 1 unspecified atom stereocenters. The summed E-state index contributed by atoms with van der Waals surface area (Å²) in [7, 11) is 0. The van der Waals surface area contributed by atoms with E-state index >= 15 is 0 Å². The molecule has 3 heteroatoms. The van der Waals surface area contributed by atoms with Crippen LogP contribution in [-0.4, -0.2) is 30.4 Å². The van der Waals surface area contributed by atoms with Crippen molar-refractivity contribution in [2.45, 2.75) is 57.9 Å². The van der Waals surface area contributed by atoms with Gasteiger partial charge in [-0.3, -0.25) is 4.79 Å². The molecule has 0 aliphatic carbocycles. The molecular formula is C18H28N2O. The van der Waals surface area contributed by atoms with Gasteiger partial charge in [0.2, 0.25) is 6.41 Å². The minimum atomic E-state index is 0.717. The lowest BCUT2D eigenvalue weighted by Gasteiger charge is -2.36. The Kier molecular flexibility index (Phi) is 6.74. The van der Waals surface area contributed by atoms with E-state index in [2.05, 4.69) is 29.3 Å². The van der Waals surface area contributed by atoms with Gasteiger partial charge in [-0.1, -0.05) is 38.0 Å². The second-order valence-electron chi connectivity index (χ2n) is 6.00. The molecular weight excluding hydrogens is 260 g/mol. The number of benzene rings is 1. The van der Waals surface area contributed by atoms with Crippen molar-refractivity contribution in [3.63, 3.8) is 0 Å². The van der Waals surface area contributed by atoms with Gasteiger partial charge in [0.1, 0.15) is 0 Å². The van der Waals surface area contributed by atoms with Crippen molar-refractivity contribution in [2.24, 2.45) is 0 Å². The maximum Gasteiger partial charge on any atom is 0.211 e. The minimum absolute atomic E-state index is 0.717. The van der Waals surface area contributed by atoms with E-state index in [4.69, 9.17) is 0 Å². The average Bonchev–Trinajstić information content (AvgIpc) is 2.53. The molecule has 1 fully saturated rings. The van der Waals surface area contributed by atoms with Crippen LogP contribution in [-0.2, 0) is 11.2 Å². The first kappa shape index (κ1) is 16.0. The third-order valence-electron chi connectivity index (χ3n) is 4.53. The van der Waals surface area contributed by atoms with Crippen LogP contribution in [0.1, 0.15) is 51.0 Å². The van der Waals surface area contributed by atoms with E-state index in [0.717, 1.165) is 24.6 Å². The lowest BCUT2D eigenvalue weighted by atomic mass is 9.95.